The molecule has 1 unspecified atom stereocenters. The third-order valence-corrected chi connectivity index (χ3v) is 5.27. The molecule has 0 aromatic carbocycles. The Bertz CT molecular complexity index is 407. The van der Waals surface area contributed by atoms with Gasteiger partial charge in [-0.3, -0.25) is 4.79 Å². The Morgan fingerprint density at radius 2 is 2.16 bits per heavy atom. The zero-order chi connectivity index (χ0) is 13.0. The Balaban J connectivity index is 0.00000180. The minimum Gasteiger partial charge on any atom is -0.347 e. The van der Waals surface area contributed by atoms with Gasteiger partial charge in [0.25, 0.3) is 5.91 Å². The third-order valence-electron chi connectivity index (χ3n) is 3.58. The number of nitrogens with two attached hydrogens (primary N) is 1. The van der Waals surface area contributed by atoms with Crippen molar-refractivity contribution in [3.8, 4) is 0 Å². The molecular weight excluding hydrogens is 348 g/mol. The van der Waals surface area contributed by atoms with Gasteiger partial charge < -0.3 is 11.1 Å². The Morgan fingerprint density at radius 3 is 2.68 bits per heavy atom. The predicted octanol–water partition coefficient (Wildman–Crippen LogP) is 3.57. The highest BCUT2D eigenvalue weighted by Gasteiger charge is 2.24. The summed E-state index contributed by atoms with van der Waals surface area (Å²) in [7, 11) is 0. The van der Waals surface area contributed by atoms with Gasteiger partial charge in [-0.05, 0) is 40.8 Å². The standard InChI is InChI=1S/C13H19BrN2OS.ClH/c14-10-6-12(18-8-10)13(17)16-11(7-15)9-4-2-1-3-5-9;/h6,8-9,11H,1-5,7,15H2,(H,16,17);1H. The number of hydrogen-bond donors (Lipinski definition) is 2. The Kier molecular flexibility index (Phi) is 7.36. The minimum atomic E-state index is 0. The van der Waals surface area contributed by atoms with Crippen LogP contribution in [0.1, 0.15) is 41.8 Å². The smallest absolute Gasteiger partial charge is 0.261 e. The Morgan fingerprint density at radius 1 is 1.47 bits per heavy atom. The van der Waals surface area contributed by atoms with E-state index >= 15 is 0 Å². The van der Waals surface area contributed by atoms with E-state index in [2.05, 4.69) is 21.2 Å². The molecular formula is C13H20BrClN2OS. The molecule has 1 aliphatic rings. The maximum atomic E-state index is 12.1. The molecule has 1 heterocycles. The zero-order valence-corrected chi connectivity index (χ0v) is 14.0. The highest BCUT2D eigenvalue weighted by molar-refractivity contribution is 9.10. The third kappa shape index (κ3) is 4.74. The van der Waals surface area contributed by atoms with Crippen LogP contribution in [0.4, 0.5) is 0 Å². The van der Waals surface area contributed by atoms with Crippen molar-refractivity contribution in [2.75, 3.05) is 6.54 Å². The summed E-state index contributed by atoms with van der Waals surface area (Å²) in [6.45, 7) is 0.531. The van der Waals surface area contributed by atoms with Crippen LogP contribution in [0.3, 0.4) is 0 Å². The second-order valence-corrected chi connectivity index (χ2v) is 6.67. The molecule has 1 atom stereocenters. The van der Waals surface area contributed by atoms with Gasteiger partial charge in [-0.25, -0.2) is 0 Å². The molecule has 0 saturated heterocycles. The first kappa shape index (κ1) is 17.0. The maximum Gasteiger partial charge on any atom is 0.261 e. The van der Waals surface area contributed by atoms with Gasteiger partial charge in [0.2, 0.25) is 0 Å². The first-order chi connectivity index (χ1) is 8.70. The van der Waals surface area contributed by atoms with Crippen molar-refractivity contribution in [2.45, 2.75) is 38.1 Å². The van der Waals surface area contributed by atoms with E-state index in [0.717, 1.165) is 9.35 Å². The highest BCUT2D eigenvalue weighted by Crippen LogP contribution is 2.27. The van der Waals surface area contributed by atoms with Crippen LogP contribution in [0.15, 0.2) is 15.9 Å². The SMILES string of the molecule is Cl.NCC(NC(=O)c1cc(Br)cs1)C1CCCCC1. The summed E-state index contributed by atoms with van der Waals surface area (Å²) >= 11 is 4.82. The Labute approximate surface area is 132 Å². The van der Waals surface area contributed by atoms with Crippen molar-refractivity contribution in [1.82, 2.24) is 5.32 Å². The van der Waals surface area contributed by atoms with E-state index in [-0.39, 0.29) is 24.4 Å². The van der Waals surface area contributed by atoms with E-state index in [1.54, 1.807) is 0 Å². The number of halogens is 2. The molecule has 1 amide bonds. The van der Waals surface area contributed by atoms with Gasteiger partial charge in [-0.2, -0.15) is 0 Å². The second kappa shape index (κ2) is 8.25. The molecule has 1 aromatic heterocycles. The number of hydrogen-bond acceptors (Lipinski definition) is 3. The molecule has 0 aliphatic heterocycles. The molecule has 0 bridgehead atoms. The molecule has 3 nitrogen and oxygen atoms in total. The highest BCUT2D eigenvalue weighted by atomic mass is 79.9. The fourth-order valence-electron chi connectivity index (χ4n) is 2.58. The zero-order valence-electron chi connectivity index (χ0n) is 10.7. The average Bonchev–Trinajstić information content (AvgIpc) is 2.83. The van der Waals surface area contributed by atoms with E-state index in [0.29, 0.717) is 12.5 Å². The van der Waals surface area contributed by atoms with Crippen molar-refractivity contribution in [3.05, 3.63) is 20.8 Å². The summed E-state index contributed by atoms with van der Waals surface area (Å²) in [5.74, 6) is 0.558. The molecule has 108 valence electrons. The van der Waals surface area contributed by atoms with E-state index in [1.807, 2.05) is 11.4 Å². The molecule has 19 heavy (non-hydrogen) atoms. The van der Waals surface area contributed by atoms with E-state index in [1.165, 1.54) is 43.4 Å². The summed E-state index contributed by atoms with van der Waals surface area (Å²) in [6, 6.07) is 1.98. The molecule has 1 aliphatic carbocycles. The molecule has 0 spiro atoms. The molecule has 6 heteroatoms. The summed E-state index contributed by atoms with van der Waals surface area (Å²) in [6.07, 6.45) is 6.23. The van der Waals surface area contributed by atoms with E-state index in [9.17, 15) is 4.79 Å². The second-order valence-electron chi connectivity index (χ2n) is 4.84. The molecule has 1 aromatic rings. The number of thiophene rings is 1. The van der Waals surface area contributed by atoms with Crippen LogP contribution in [-0.2, 0) is 0 Å². The lowest BCUT2D eigenvalue weighted by molar-refractivity contribution is 0.0919. The predicted molar refractivity (Wildman–Crippen MR) is 86.2 cm³/mol. The summed E-state index contributed by atoms with van der Waals surface area (Å²) < 4.78 is 0.958. The summed E-state index contributed by atoms with van der Waals surface area (Å²) in [5, 5.41) is 5.02. The summed E-state index contributed by atoms with van der Waals surface area (Å²) in [5.41, 5.74) is 5.81. The van der Waals surface area contributed by atoms with Crippen molar-refractivity contribution < 1.29 is 4.79 Å². The van der Waals surface area contributed by atoms with Crippen molar-refractivity contribution >= 4 is 45.6 Å². The lowest BCUT2D eigenvalue weighted by Gasteiger charge is -2.29. The van der Waals surface area contributed by atoms with Gasteiger partial charge in [0, 0.05) is 22.4 Å². The molecule has 0 radical (unpaired) electrons. The minimum absolute atomic E-state index is 0. The van der Waals surface area contributed by atoms with Crippen LogP contribution < -0.4 is 11.1 Å². The van der Waals surface area contributed by atoms with Crippen LogP contribution in [0, 0.1) is 5.92 Å². The maximum absolute atomic E-state index is 12.1. The fourth-order valence-corrected chi connectivity index (χ4v) is 3.91. The summed E-state index contributed by atoms with van der Waals surface area (Å²) in [4.78, 5) is 12.8. The number of amides is 1. The van der Waals surface area contributed by atoms with E-state index < -0.39 is 0 Å². The topological polar surface area (TPSA) is 55.1 Å². The van der Waals surface area contributed by atoms with Gasteiger partial charge in [-0.1, -0.05) is 19.3 Å². The van der Waals surface area contributed by atoms with E-state index in [4.69, 9.17) is 5.73 Å². The Hall–Kier alpha value is -0.100. The molecule has 2 rings (SSSR count). The van der Waals surface area contributed by atoms with Crippen LogP contribution in [0.5, 0.6) is 0 Å². The fraction of sp³-hybridized carbons (Fsp3) is 0.615. The first-order valence-corrected chi connectivity index (χ1v) is 8.13. The van der Waals surface area contributed by atoms with Crippen molar-refractivity contribution in [2.24, 2.45) is 11.7 Å². The number of carbonyl (C=O) groups is 1. The molecule has 1 fully saturated rings. The van der Waals surface area contributed by atoms with Crippen LogP contribution >= 0.6 is 39.7 Å². The van der Waals surface area contributed by atoms with Gasteiger partial charge in [0.05, 0.1) is 4.88 Å². The van der Waals surface area contributed by atoms with Crippen LogP contribution in [0.25, 0.3) is 0 Å². The number of rotatable bonds is 4. The van der Waals surface area contributed by atoms with Gasteiger partial charge >= 0.3 is 0 Å². The van der Waals surface area contributed by atoms with Gasteiger partial charge in [0.15, 0.2) is 0 Å². The monoisotopic (exact) mass is 366 g/mol. The largest absolute Gasteiger partial charge is 0.347 e. The first-order valence-electron chi connectivity index (χ1n) is 6.45. The molecule has 3 N–H and O–H groups in total. The average molecular weight is 368 g/mol. The van der Waals surface area contributed by atoms with Gasteiger partial charge in [-0.15, -0.1) is 23.7 Å². The van der Waals surface area contributed by atoms with Crippen LogP contribution in [0.2, 0.25) is 0 Å². The lowest BCUT2D eigenvalue weighted by Crippen LogP contribution is -2.45. The molecule has 1 saturated carbocycles. The number of nitrogens with one attached hydrogen (secondary N) is 1. The van der Waals surface area contributed by atoms with Crippen molar-refractivity contribution in [3.63, 3.8) is 0 Å². The van der Waals surface area contributed by atoms with Crippen molar-refractivity contribution in [1.29, 1.82) is 0 Å². The quantitative estimate of drug-likeness (QED) is 0.854. The number of carbonyl (C=O) groups excluding carboxylic acids is 1. The lowest BCUT2D eigenvalue weighted by atomic mass is 9.84. The van der Waals surface area contributed by atoms with Crippen LogP contribution in [-0.4, -0.2) is 18.5 Å². The normalized spacial score (nSPS) is 17.6. The van der Waals surface area contributed by atoms with Gasteiger partial charge in [0.1, 0.15) is 0 Å².